The number of hydrogen-bond donors (Lipinski definition) is 0. The van der Waals surface area contributed by atoms with Crippen molar-refractivity contribution in [3.63, 3.8) is 0 Å². The molecule has 7 nitrogen and oxygen atoms in total. The van der Waals surface area contributed by atoms with E-state index in [1.54, 1.807) is 17.0 Å². The Morgan fingerprint density at radius 2 is 1.74 bits per heavy atom. The number of hydrogen-bond acceptors (Lipinski definition) is 5. The zero-order chi connectivity index (χ0) is 16.4. The van der Waals surface area contributed by atoms with E-state index >= 15 is 0 Å². The van der Waals surface area contributed by atoms with Gasteiger partial charge in [-0.05, 0) is 31.2 Å². The molecular weight excluding hydrogens is 320 g/mol. The van der Waals surface area contributed by atoms with Crippen LogP contribution in [0, 0.1) is 0 Å². The molecule has 0 aliphatic carbocycles. The van der Waals surface area contributed by atoms with Gasteiger partial charge < -0.3 is 14.4 Å². The topological polar surface area (TPSA) is 76.2 Å². The molecule has 2 heterocycles. The van der Waals surface area contributed by atoms with Crippen LogP contribution in [0.2, 0.25) is 0 Å². The van der Waals surface area contributed by atoms with Gasteiger partial charge in [0.1, 0.15) is 6.23 Å². The van der Waals surface area contributed by atoms with Crippen molar-refractivity contribution in [3.8, 4) is 0 Å². The average Bonchev–Trinajstić information content (AvgIpc) is 3.01. The first-order chi connectivity index (χ1) is 11.0. The van der Waals surface area contributed by atoms with E-state index in [1.165, 1.54) is 16.4 Å². The lowest BCUT2D eigenvalue weighted by Gasteiger charge is -2.26. The zero-order valence-electron chi connectivity index (χ0n) is 13.0. The van der Waals surface area contributed by atoms with Gasteiger partial charge in [0.2, 0.25) is 10.0 Å². The number of morpholine rings is 1. The van der Waals surface area contributed by atoms with Crippen LogP contribution in [0.5, 0.6) is 0 Å². The Morgan fingerprint density at radius 3 is 2.30 bits per heavy atom. The molecule has 3 rings (SSSR count). The van der Waals surface area contributed by atoms with E-state index in [1.807, 2.05) is 6.92 Å². The smallest absolute Gasteiger partial charge is 0.255 e. The molecule has 0 spiro atoms. The second-order valence-electron chi connectivity index (χ2n) is 5.51. The summed E-state index contributed by atoms with van der Waals surface area (Å²) < 4.78 is 37.0. The number of rotatable bonds is 3. The Bertz CT molecular complexity index is 668. The Morgan fingerprint density at radius 1 is 1.09 bits per heavy atom. The summed E-state index contributed by atoms with van der Waals surface area (Å²) in [5, 5.41) is 0. The van der Waals surface area contributed by atoms with Crippen molar-refractivity contribution in [3.05, 3.63) is 29.8 Å². The predicted octanol–water partition coefficient (Wildman–Crippen LogP) is 0.526. The van der Waals surface area contributed by atoms with Crippen LogP contribution >= 0.6 is 0 Å². The third-order valence-electron chi connectivity index (χ3n) is 4.10. The second-order valence-corrected chi connectivity index (χ2v) is 7.45. The number of benzene rings is 1. The second kappa shape index (κ2) is 6.56. The van der Waals surface area contributed by atoms with E-state index in [4.69, 9.17) is 9.47 Å². The van der Waals surface area contributed by atoms with Crippen molar-refractivity contribution in [2.45, 2.75) is 18.0 Å². The van der Waals surface area contributed by atoms with Gasteiger partial charge in [-0.25, -0.2) is 8.42 Å². The summed E-state index contributed by atoms with van der Waals surface area (Å²) in [5.41, 5.74) is 0.461. The predicted molar refractivity (Wildman–Crippen MR) is 82.5 cm³/mol. The van der Waals surface area contributed by atoms with E-state index in [0.717, 1.165) is 0 Å². The van der Waals surface area contributed by atoms with Crippen LogP contribution in [0.3, 0.4) is 0 Å². The molecule has 0 radical (unpaired) electrons. The van der Waals surface area contributed by atoms with E-state index < -0.39 is 10.0 Å². The first kappa shape index (κ1) is 16.4. The van der Waals surface area contributed by atoms with E-state index in [-0.39, 0.29) is 17.0 Å². The van der Waals surface area contributed by atoms with Gasteiger partial charge in [-0.3, -0.25) is 4.79 Å². The summed E-state index contributed by atoms with van der Waals surface area (Å²) in [6.07, 6.45) is -0.251. The molecule has 2 aliphatic heterocycles. The summed E-state index contributed by atoms with van der Waals surface area (Å²) in [6, 6.07) is 6.08. The van der Waals surface area contributed by atoms with Gasteiger partial charge in [-0.1, -0.05) is 0 Å². The molecule has 1 aromatic rings. The average molecular weight is 340 g/mol. The van der Waals surface area contributed by atoms with Crippen LogP contribution < -0.4 is 0 Å². The van der Waals surface area contributed by atoms with Gasteiger partial charge in [0.25, 0.3) is 5.91 Å². The highest BCUT2D eigenvalue weighted by Crippen LogP contribution is 2.20. The summed E-state index contributed by atoms with van der Waals surface area (Å²) in [4.78, 5) is 14.2. The minimum absolute atomic E-state index is 0.148. The van der Waals surface area contributed by atoms with E-state index in [0.29, 0.717) is 45.0 Å². The molecule has 2 fully saturated rings. The molecular formula is C15H20N2O5S. The Hall–Kier alpha value is -1.48. The lowest BCUT2D eigenvalue weighted by atomic mass is 10.2. The van der Waals surface area contributed by atoms with Crippen LogP contribution in [0.4, 0.5) is 0 Å². The van der Waals surface area contributed by atoms with Crippen molar-refractivity contribution >= 4 is 15.9 Å². The van der Waals surface area contributed by atoms with Gasteiger partial charge in [-0.2, -0.15) is 4.31 Å². The Balaban J connectivity index is 1.77. The third-order valence-corrected chi connectivity index (χ3v) is 6.01. The van der Waals surface area contributed by atoms with Gasteiger partial charge in [-0.15, -0.1) is 0 Å². The molecule has 0 aromatic heterocycles. The number of carbonyl (C=O) groups is 1. The molecule has 2 aliphatic rings. The number of nitrogens with zero attached hydrogens (tertiary/aromatic N) is 2. The van der Waals surface area contributed by atoms with Crippen molar-refractivity contribution in [2.75, 3.05) is 39.5 Å². The fraction of sp³-hybridized carbons (Fsp3) is 0.533. The Labute approximate surface area is 135 Å². The van der Waals surface area contributed by atoms with Crippen molar-refractivity contribution in [2.24, 2.45) is 0 Å². The third kappa shape index (κ3) is 3.25. The maximum atomic E-state index is 12.5. The zero-order valence-corrected chi connectivity index (χ0v) is 13.8. The maximum Gasteiger partial charge on any atom is 0.255 e. The number of carbonyl (C=O) groups excluding carboxylic acids is 1. The van der Waals surface area contributed by atoms with Gasteiger partial charge >= 0.3 is 0 Å². The summed E-state index contributed by atoms with van der Waals surface area (Å²) in [7, 11) is -3.53. The van der Waals surface area contributed by atoms with Gasteiger partial charge in [0, 0.05) is 25.2 Å². The highest BCUT2D eigenvalue weighted by molar-refractivity contribution is 7.89. The van der Waals surface area contributed by atoms with Gasteiger partial charge in [0.15, 0.2) is 0 Å². The normalized spacial score (nSPS) is 23.2. The molecule has 0 saturated carbocycles. The van der Waals surface area contributed by atoms with Crippen LogP contribution in [0.25, 0.3) is 0 Å². The van der Waals surface area contributed by atoms with E-state index in [2.05, 4.69) is 0 Å². The molecule has 1 unspecified atom stereocenters. The molecule has 126 valence electrons. The minimum atomic E-state index is -3.53. The van der Waals surface area contributed by atoms with Gasteiger partial charge in [0.05, 0.1) is 24.7 Å². The van der Waals surface area contributed by atoms with Crippen LogP contribution in [-0.4, -0.2) is 69.2 Å². The highest BCUT2D eigenvalue weighted by atomic mass is 32.2. The summed E-state index contributed by atoms with van der Waals surface area (Å²) in [5.74, 6) is -0.148. The van der Waals surface area contributed by atoms with Crippen LogP contribution in [0.15, 0.2) is 29.2 Å². The Kier molecular flexibility index (Phi) is 4.67. The highest BCUT2D eigenvalue weighted by Gasteiger charge is 2.29. The first-order valence-electron chi connectivity index (χ1n) is 7.61. The lowest BCUT2D eigenvalue weighted by molar-refractivity contribution is 0.0378. The molecule has 0 bridgehead atoms. The summed E-state index contributed by atoms with van der Waals surface area (Å²) >= 11 is 0. The molecule has 23 heavy (non-hydrogen) atoms. The van der Waals surface area contributed by atoms with Crippen LogP contribution in [0.1, 0.15) is 17.3 Å². The quantitative estimate of drug-likeness (QED) is 0.802. The largest absolute Gasteiger partial charge is 0.379 e. The minimum Gasteiger partial charge on any atom is -0.379 e. The number of ether oxygens (including phenoxy) is 2. The van der Waals surface area contributed by atoms with Crippen molar-refractivity contribution < 1.29 is 22.7 Å². The van der Waals surface area contributed by atoms with Crippen molar-refractivity contribution in [1.29, 1.82) is 0 Å². The molecule has 1 atom stereocenters. The lowest BCUT2D eigenvalue weighted by Crippen LogP contribution is -2.40. The maximum absolute atomic E-state index is 12.5. The van der Waals surface area contributed by atoms with E-state index in [9.17, 15) is 13.2 Å². The fourth-order valence-electron chi connectivity index (χ4n) is 2.73. The fourth-order valence-corrected chi connectivity index (χ4v) is 4.14. The van der Waals surface area contributed by atoms with Crippen LogP contribution in [-0.2, 0) is 19.5 Å². The molecule has 8 heteroatoms. The number of amides is 1. The molecule has 1 amide bonds. The molecule has 0 N–H and O–H groups in total. The first-order valence-corrected chi connectivity index (χ1v) is 9.05. The molecule has 1 aromatic carbocycles. The van der Waals surface area contributed by atoms with Crippen molar-refractivity contribution in [1.82, 2.24) is 9.21 Å². The summed E-state index contributed by atoms with van der Waals surface area (Å²) in [6.45, 7) is 4.41. The standard InChI is InChI=1S/C15H20N2O5S/c1-12-17(8-11-22-12)15(18)13-2-4-14(5-3-13)23(19,20)16-6-9-21-10-7-16/h2-5,12H,6-11H2,1H3. The SMILES string of the molecule is CC1OCCN1C(=O)c1ccc(S(=O)(=O)N2CCOCC2)cc1. The monoisotopic (exact) mass is 340 g/mol. The molecule has 2 saturated heterocycles. The number of sulfonamides is 1.